The minimum Gasteiger partial charge on any atom is -0.340 e. The topological polar surface area (TPSA) is 50.4 Å². The molecular formula is C41H37N3S. The summed E-state index contributed by atoms with van der Waals surface area (Å²) in [6.45, 7) is 4.40. The SMILES string of the molecule is C=C(SC(N)c1ccccc1)c1cccc(C2=CC(c3cccc(C4CC=Cc5ccccc54)c3)N=C(C3=CC=CCC3)N2)c1. The number of thioether (sulfide) groups is 1. The molecule has 0 saturated heterocycles. The van der Waals surface area contributed by atoms with Crippen LogP contribution in [-0.2, 0) is 0 Å². The Balaban J connectivity index is 1.21. The van der Waals surface area contributed by atoms with Gasteiger partial charge in [0.2, 0.25) is 0 Å². The van der Waals surface area contributed by atoms with E-state index in [0.29, 0.717) is 5.92 Å². The number of fused-ring (bicyclic) bond motifs is 1. The van der Waals surface area contributed by atoms with Crippen LogP contribution in [0.4, 0.5) is 0 Å². The summed E-state index contributed by atoms with van der Waals surface area (Å²) in [7, 11) is 0. The molecule has 3 N–H and O–H groups in total. The van der Waals surface area contributed by atoms with E-state index in [9.17, 15) is 0 Å². The van der Waals surface area contributed by atoms with E-state index in [-0.39, 0.29) is 11.4 Å². The number of benzene rings is 4. The lowest BCUT2D eigenvalue weighted by molar-refractivity contribution is 0.808. The van der Waals surface area contributed by atoms with Crippen LogP contribution >= 0.6 is 11.8 Å². The largest absolute Gasteiger partial charge is 0.340 e. The number of aliphatic imine (C=N–C) groups is 1. The average Bonchev–Trinajstić information content (AvgIpc) is 3.12. The molecule has 222 valence electrons. The Kier molecular flexibility index (Phi) is 8.50. The van der Waals surface area contributed by atoms with Crippen molar-refractivity contribution in [3.05, 3.63) is 185 Å². The number of amidine groups is 1. The van der Waals surface area contributed by atoms with Crippen molar-refractivity contribution in [1.29, 1.82) is 0 Å². The molecule has 3 unspecified atom stereocenters. The van der Waals surface area contributed by atoms with Crippen molar-refractivity contribution >= 4 is 34.3 Å². The maximum absolute atomic E-state index is 6.54. The summed E-state index contributed by atoms with van der Waals surface area (Å²) in [5, 5.41) is 3.52. The molecular weight excluding hydrogens is 567 g/mol. The van der Waals surface area contributed by atoms with E-state index in [0.717, 1.165) is 52.4 Å². The van der Waals surface area contributed by atoms with Gasteiger partial charge in [0.05, 0.1) is 11.4 Å². The van der Waals surface area contributed by atoms with Gasteiger partial charge in [-0.15, -0.1) is 11.8 Å². The lowest BCUT2D eigenvalue weighted by atomic mass is 9.81. The quantitative estimate of drug-likeness (QED) is 0.197. The van der Waals surface area contributed by atoms with Crippen LogP contribution in [0.15, 0.2) is 151 Å². The highest BCUT2D eigenvalue weighted by atomic mass is 32.2. The Labute approximate surface area is 270 Å². The molecule has 0 bridgehead atoms. The summed E-state index contributed by atoms with van der Waals surface area (Å²) in [4.78, 5) is 6.24. The first-order valence-electron chi connectivity index (χ1n) is 15.7. The van der Waals surface area contributed by atoms with E-state index in [4.69, 9.17) is 10.7 Å². The molecule has 4 aromatic carbocycles. The average molecular weight is 604 g/mol. The summed E-state index contributed by atoms with van der Waals surface area (Å²) in [6, 6.07) is 36.4. The van der Waals surface area contributed by atoms with Crippen LogP contribution in [0.1, 0.15) is 75.5 Å². The Bertz CT molecular complexity index is 1880. The third-order valence-electron chi connectivity index (χ3n) is 8.75. The Morgan fingerprint density at radius 2 is 1.71 bits per heavy atom. The number of allylic oxidation sites excluding steroid dienone is 4. The second-order valence-electron chi connectivity index (χ2n) is 11.7. The Morgan fingerprint density at radius 1 is 0.889 bits per heavy atom. The molecule has 0 amide bonds. The van der Waals surface area contributed by atoms with Crippen molar-refractivity contribution in [1.82, 2.24) is 5.32 Å². The van der Waals surface area contributed by atoms with Gasteiger partial charge in [-0.2, -0.15) is 0 Å². The molecule has 4 aromatic rings. The molecule has 4 heteroatoms. The Hall–Kier alpha value is -4.64. The van der Waals surface area contributed by atoms with Crippen LogP contribution in [0.25, 0.3) is 16.7 Å². The van der Waals surface area contributed by atoms with Gasteiger partial charge in [0.1, 0.15) is 5.84 Å². The Morgan fingerprint density at radius 3 is 2.58 bits per heavy atom. The monoisotopic (exact) mass is 603 g/mol. The van der Waals surface area contributed by atoms with Crippen molar-refractivity contribution < 1.29 is 0 Å². The fraction of sp³-hybridized carbons (Fsp3) is 0.146. The van der Waals surface area contributed by atoms with E-state index < -0.39 is 0 Å². The lowest BCUT2D eigenvalue weighted by Crippen LogP contribution is -2.28. The van der Waals surface area contributed by atoms with Crippen LogP contribution < -0.4 is 11.1 Å². The summed E-state index contributed by atoms with van der Waals surface area (Å²) >= 11 is 1.59. The standard InChI is InChI=1S/C41H37N3S/c1-28(45-40(42)30-14-4-2-5-15-30)32-19-10-21-34(25-32)38-27-39(44-41(43-38)31-16-6-3-7-17-31)35-22-11-20-33(26-35)37-24-12-18-29-13-8-9-23-36(29)37/h2-6,8-16,18-23,25-27,37,39-40H,1,7,17,24,42H2,(H,43,44). The smallest absolute Gasteiger partial charge is 0.129 e. The molecule has 0 radical (unpaired) electrons. The zero-order chi connectivity index (χ0) is 30.6. The molecule has 0 saturated carbocycles. The fourth-order valence-electron chi connectivity index (χ4n) is 6.34. The van der Waals surface area contributed by atoms with E-state index in [1.54, 1.807) is 11.8 Å². The van der Waals surface area contributed by atoms with E-state index in [2.05, 4.69) is 133 Å². The number of hydrogen-bond acceptors (Lipinski definition) is 4. The molecule has 1 aliphatic heterocycles. The minimum absolute atomic E-state index is 0.106. The predicted molar refractivity (Wildman–Crippen MR) is 193 cm³/mol. The third kappa shape index (κ3) is 6.44. The normalized spacial score (nSPS) is 19.4. The first kappa shape index (κ1) is 29.1. The maximum atomic E-state index is 6.54. The molecule has 0 fully saturated rings. The second kappa shape index (κ2) is 13.2. The van der Waals surface area contributed by atoms with Gasteiger partial charge in [-0.25, -0.2) is 0 Å². The van der Waals surface area contributed by atoms with E-state index in [1.807, 2.05) is 18.2 Å². The molecule has 3 atom stereocenters. The first-order valence-corrected chi connectivity index (χ1v) is 16.6. The predicted octanol–water partition coefficient (Wildman–Crippen LogP) is 9.96. The highest BCUT2D eigenvalue weighted by Crippen LogP contribution is 2.39. The zero-order valence-corrected chi connectivity index (χ0v) is 26.1. The number of rotatable bonds is 8. The van der Waals surface area contributed by atoms with Gasteiger partial charge in [-0.05, 0) is 75.9 Å². The fourth-order valence-corrected chi connectivity index (χ4v) is 7.21. The van der Waals surface area contributed by atoms with Crippen LogP contribution in [0.2, 0.25) is 0 Å². The van der Waals surface area contributed by atoms with Crippen molar-refractivity contribution in [3.63, 3.8) is 0 Å². The third-order valence-corrected chi connectivity index (χ3v) is 9.80. The van der Waals surface area contributed by atoms with Crippen molar-refractivity contribution in [2.75, 3.05) is 0 Å². The summed E-state index contributed by atoms with van der Waals surface area (Å²) < 4.78 is 0. The summed E-state index contributed by atoms with van der Waals surface area (Å²) in [5.41, 5.74) is 17.3. The highest BCUT2D eigenvalue weighted by molar-refractivity contribution is 8.08. The number of nitrogens with one attached hydrogen (secondary N) is 1. The van der Waals surface area contributed by atoms with Crippen LogP contribution in [0, 0.1) is 0 Å². The number of nitrogens with two attached hydrogens (primary N) is 1. The zero-order valence-electron chi connectivity index (χ0n) is 25.3. The van der Waals surface area contributed by atoms with Crippen LogP contribution in [-0.4, -0.2) is 5.84 Å². The van der Waals surface area contributed by atoms with Gasteiger partial charge in [-0.3, -0.25) is 4.99 Å². The number of hydrogen-bond donors (Lipinski definition) is 2. The maximum Gasteiger partial charge on any atom is 0.129 e. The summed E-state index contributed by atoms with van der Waals surface area (Å²) in [5.74, 6) is 1.29. The van der Waals surface area contributed by atoms with Crippen molar-refractivity contribution in [3.8, 4) is 0 Å². The number of nitrogens with zero attached hydrogens (tertiary/aromatic N) is 1. The molecule has 1 heterocycles. The molecule has 45 heavy (non-hydrogen) atoms. The second-order valence-corrected chi connectivity index (χ2v) is 13.0. The van der Waals surface area contributed by atoms with Crippen LogP contribution in [0.3, 0.4) is 0 Å². The summed E-state index contributed by atoms with van der Waals surface area (Å²) in [6.07, 6.45) is 16.4. The molecule has 7 rings (SSSR count). The van der Waals surface area contributed by atoms with Gasteiger partial charge in [-0.1, -0.05) is 134 Å². The van der Waals surface area contributed by atoms with Gasteiger partial charge < -0.3 is 11.1 Å². The van der Waals surface area contributed by atoms with Crippen molar-refractivity contribution in [2.24, 2.45) is 10.7 Å². The lowest BCUT2D eigenvalue weighted by Gasteiger charge is -2.26. The van der Waals surface area contributed by atoms with Gasteiger partial charge in [0.15, 0.2) is 0 Å². The van der Waals surface area contributed by atoms with Gasteiger partial charge in [0, 0.05) is 16.5 Å². The molecule has 0 aromatic heterocycles. The first-order chi connectivity index (χ1) is 22.1. The highest BCUT2D eigenvalue weighted by Gasteiger charge is 2.24. The van der Waals surface area contributed by atoms with Crippen molar-refractivity contribution in [2.45, 2.75) is 36.6 Å². The molecule has 3 nitrogen and oxygen atoms in total. The van der Waals surface area contributed by atoms with E-state index in [1.165, 1.54) is 27.8 Å². The molecule has 0 spiro atoms. The van der Waals surface area contributed by atoms with Crippen LogP contribution in [0.5, 0.6) is 0 Å². The van der Waals surface area contributed by atoms with Gasteiger partial charge in [0.25, 0.3) is 0 Å². The molecule has 3 aliphatic rings. The minimum atomic E-state index is -0.178. The van der Waals surface area contributed by atoms with Gasteiger partial charge >= 0.3 is 0 Å². The van der Waals surface area contributed by atoms with E-state index >= 15 is 0 Å². The molecule has 2 aliphatic carbocycles.